The number of phenolic OH excluding ortho intramolecular Hbond substituents is 1. The monoisotopic (exact) mass is 226 g/mol. The van der Waals surface area contributed by atoms with Gasteiger partial charge < -0.3 is 5.11 Å². The molecule has 0 aliphatic carbocycles. The number of hydrogen-bond donors (Lipinski definition) is 1. The van der Waals surface area contributed by atoms with Crippen LogP contribution in [0.15, 0.2) is 30.3 Å². The van der Waals surface area contributed by atoms with E-state index < -0.39 is 0 Å². The van der Waals surface area contributed by atoms with E-state index in [0.29, 0.717) is 5.75 Å². The van der Waals surface area contributed by atoms with Crippen molar-refractivity contribution < 1.29 is 5.11 Å². The predicted octanol–water partition coefficient (Wildman–Crippen LogP) is 4.29. The van der Waals surface area contributed by atoms with Gasteiger partial charge in [-0.3, -0.25) is 0 Å². The molecule has 0 unspecified atom stereocenters. The van der Waals surface area contributed by atoms with Crippen LogP contribution in [0, 0.1) is 27.7 Å². The third-order valence-corrected chi connectivity index (χ3v) is 3.34. The first kappa shape index (κ1) is 11.7. The summed E-state index contributed by atoms with van der Waals surface area (Å²) >= 11 is 0. The zero-order valence-electron chi connectivity index (χ0n) is 10.8. The summed E-state index contributed by atoms with van der Waals surface area (Å²) in [5, 5.41) is 9.45. The van der Waals surface area contributed by atoms with Gasteiger partial charge in [0, 0.05) is 0 Å². The normalized spacial score (nSPS) is 10.6. The van der Waals surface area contributed by atoms with Crippen molar-refractivity contribution in [2.75, 3.05) is 0 Å². The summed E-state index contributed by atoms with van der Waals surface area (Å²) in [4.78, 5) is 0. The van der Waals surface area contributed by atoms with Crippen LogP contribution in [0.25, 0.3) is 11.1 Å². The van der Waals surface area contributed by atoms with Gasteiger partial charge in [-0.05, 0) is 73.2 Å². The lowest BCUT2D eigenvalue weighted by atomic mass is 9.93. The van der Waals surface area contributed by atoms with Gasteiger partial charge in [-0.1, -0.05) is 18.2 Å². The average Bonchev–Trinajstić information content (AvgIpc) is 2.24. The Morgan fingerprint density at radius 2 is 1.24 bits per heavy atom. The molecule has 0 saturated heterocycles. The zero-order chi connectivity index (χ0) is 12.6. The first-order chi connectivity index (χ1) is 7.99. The van der Waals surface area contributed by atoms with Crippen molar-refractivity contribution in [1.82, 2.24) is 0 Å². The van der Waals surface area contributed by atoms with Gasteiger partial charge in [0.05, 0.1) is 0 Å². The molecule has 2 aromatic carbocycles. The molecule has 0 aliphatic heterocycles. The molecule has 0 aromatic heterocycles. The van der Waals surface area contributed by atoms with Crippen molar-refractivity contribution in [3.8, 4) is 16.9 Å². The molecule has 0 fully saturated rings. The van der Waals surface area contributed by atoms with Crippen LogP contribution >= 0.6 is 0 Å². The maximum absolute atomic E-state index is 9.45. The van der Waals surface area contributed by atoms with Gasteiger partial charge in [0.1, 0.15) is 5.75 Å². The maximum atomic E-state index is 9.45. The summed E-state index contributed by atoms with van der Waals surface area (Å²) < 4.78 is 0. The molecule has 17 heavy (non-hydrogen) atoms. The van der Waals surface area contributed by atoms with Crippen LogP contribution in [0.3, 0.4) is 0 Å². The Bertz CT molecular complexity index is 568. The van der Waals surface area contributed by atoms with E-state index in [1.165, 1.54) is 27.8 Å². The molecule has 2 rings (SSSR count). The Balaban J connectivity index is 2.64. The molecule has 1 nitrogen and oxygen atoms in total. The smallest absolute Gasteiger partial charge is 0.115 e. The first-order valence-corrected chi connectivity index (χ1v) is 5.87. The largest absolute Gasteiger partial charge is 0.508 e. The Labute approximate surface area is 103 Å². The molecule has 0 aliphatic rings. The second kappa shape index (κ2) is 4.25. The average molecular weight is 226 g/mol. The predicted molar refractivity (Wildman–Crippen MR) is 72.5 cm³/mol. The first-order valence-electron chi connectivity index (χ1n) is 5.87. The van der Waals surface area contributed by atoms with E-state index in [1.807, 2.05) is 19.1 Å². The number of benzene rings is 2. The lowest BCUT2D eigenvalue weighted by Gasteiger charge is -2.12. The minimum absolute atomic E-state index is 0.327. The van der Waals surface area contributed by atoms with Crippen molar-refractivity contribution >= 4 is 0 Å². The van der Waals surface area contributed by atoms with E-state index in [2.05, 4.69) is 32.9 Å². The van der Waals surface area contributed by atoms with E-state index in [0.717, 1.165) is 5.56 Å². The fourth-order valence-corrected chi connectivity index (χ4v) is 2.20. The second-order valence-electron chi connectivity index (χ2n) is 4.75. The van der Waals surface area contributed by atoms with Crippen LogP contribution in [0.5, 0.6) is 5.75 Å². The van der Waals surface area contributed by atoms with Crippen LogP contribution in [0.1, 0.15) is 22.3 Å². The Morgan fingerprint density at radius 3 is 1.88 bits per heavy atom. The lowest BCUT2D eigenvalue weighted by Crippen LogP contribution is -1.90. The highest BCUT2D eigenvalue weighted by atomic mass is 16.3. The second-order valence-corrected chi connectivity index (χ2v) is 4.75. The highest BCUT2D eigenvalue weighted by Gasteiger charge is 2.07. The Morgan fingerprint density at radius 1 is 0.647 bits per heavy atom. The van der Waals surface area contributed by atoms with E-state index in [1.54, 1.807) is 6.07 Å². The Hall–Kier alpha value is -1.76. The van der Waals surface area contributed by atoms with Crippen LogP contribution in [-0.4, -0.2) is 5.11 Å². The lowest BCUT2D eigenvalue weighted by molar-refractivity contribution is 0.475. The molecule has 0 radical (unpaired) electrons. The third kappa shape index (κ3) is 2.19. The SMILES string of the molecule is Cc1cc(C)c(-c2ccc(O)cc2C)cc1C. The number of aryl methyl sites for hydroxylation is 4. The van der Waals surface area contributed by atoms with Gasteiger partial charge >= 0.3 is 0 Å². The fourth-order valence-electron chi connectivity index (χ4n) is 2.20. The van der Waals surface area contributed by atoms with Gasteiger partial charge in [-0.15, -0.1) is 0 Å². The fraction of sp³-hybridized carbons (Fsp3) is 0.250. The van der Waals surface area contributed by atoms with Crippen LogP contribution in [0.4, 0.5) is 0 Å². The summed E-state index contributed by atoms with van der Waals surface area (Å²) in [5.41, 5.74) is 7.47. The molecule has 0 saturated carbocycles. The number of aromatic hydroxyl groups is 1. The maximum Gasteiger partial charge on any atom is 0.115 e. The van der Waals surface area contributed by atoms with E-state index in [9.17, 15) is 5.11 Å². The van der Waals surface area contributed by atoms with Crippen molar-refractivity contribution in [1.29, 1.82) is 0 Å². The molecule has 0 heterocycles. The number of hydrogen-bond acceptors (Lipinski definition) is 1. The minimum Gasteiger partial charge on any atom is -0.508 e. The minimum atomic E-state index is 0.327. The van der Waals surface area contributed by atoms with Crippen LogP contribution in [0.2, 0.25) is 0 Å². The van der Waals surface area contributed by atoms with Crippen molar-refractivity contribution in [2.45, 2.75) is 27.7 Å². The van der Waals surface area contributed by atoms with Crippen molar-refractivity contribution in [2.24, 2.45) is 0 Å². The summed E-state index contributed by atoms with van der Waals surface area (Å²) in [6.07, 6.45) is 0. The summed E-state index contributed by atoms with van der Waals surface area (Å²) in [7, 11) is 0. The molecule has 0 atom stereocenters. The van der Waals surface area contributed by atoms with E-state index in [4.69, 9.17) is 0 Å². The van der Waals surface area contributed by atoms with E-state index >= 15 is 0 Å². The van der Waals surface area contributed by atoms with Gasteiger partial charge in [-0.25, -0.2) is 0 Å². The van der Waals surface area contributed by atoms with Crippen LogP contribution in [-0.2, 0) is 0 Å². The topological polar surface area (TPSA) is 20.2 Å². The Kier molecular flexibility index (Phi) is 2.93. The number of phenols is 1. The van der Waals surface area contributed by atoms with Crippen LogP contribution < -0.4 is 0 Å². The van der Waals surface area contributed by atoms with Gasteiger partial charge in [0.2, 0.25) is 0 Å². The molecule has 0 spiro atoms. The number of rotatable bonds is 1. The quantitative estimate of drug-likeness (QED) is 0.769. The molecule has 1 N–H and O–H groups in total. The highest BCUT2D eigenvalue weighted by molar-refractivity contribution is 5.72. The molecule has 88 valence electrons. The molecular formula is C16H18O. The van der Waals surface area contributed by atoms with Crippen molar-refractivity contribution in [3.63, 3.8) is 0 Å². The summed E-state index contributed by atoms with van der Waals surface area (Å²) in [6, 6.07) is 9.99. The molecule has 0 bridgehead atoms. The molecular weight excluding hydrogens is 208 g/mol. The van der Waals surface area contributed by atoms with Crippen molar-refractivity contribution in [3.05, 3.63) is 52.6 Å². The standard InChI is InChI=1S/C16H18O/c1-10-7-12(3)16(9-11(10)2)15-6-5-14(17)8-13(15)4/h5-9,17H,1-4H3. The highest BCUT2D eigenvalue weighted by Crippen LogP contribution is 2.30. The molecule has 1 heteroatoms. The summed E-state index contributed by atoms with van der Waals surface area (Å²) in [5.74, 6) is 0.327. The van der Waals surface area contributed by atoms with Gasteiger partial charge in [-0.2, -0.15) is 0 Å². The zero-order valence-corrected chi connectivity index (χ0v) is 10.8. The molecule has 2 aromatic rings. The summed E-state index contributed by atoms with van der Waals surface area (Å²) in [6.45, 7) is 8.43. The van der Waals surface area contributed by atoms with E-state index in [-0.39, 0.29) is 0 Å². The van der Waals surface area contributed by atoms with Gasteiger partial charge in [0.15, 0.2) is 0 Å². The third-order valence-electron chi connectivity index (χ3n) is 3.34. The van der Waals surface area contributed by atoms with Gasteiger partial charge in [0.25, 0.3) is 0 Å². The molecule has 0 amide bonds.